The predicted molar refractivity (Wildman–Crippen MR) is 86.0 cm³/mol. The fraction of sp³-hybridized carbons (Fsp3) is 0.200. The summed E-state index contributed by atoms with van der Waals surface area (Å²) in [4.78, 5) is 1.05. The zero-order valence-corrected chi connectivity index (χ0v) is 13.7. The first kappa shape index (κ1) is 15.8. The van der Waals surface area contributed by atoms with Gasteiger partial charge in [-0.3, -0.25) is 0 Å². The predicted octanol–water partition coefficient (Wildman–Crippen LogP) is 4.94. The molecule has 0 spiro atoms. The zero-order chi connectivity index (χ0) is 14.5. The van der Waals surface area contributed by atoms with Gasteiger partial charge in [0.2, 0.25) is 0 Å². The molecule has 2 rings (SSSR count). The molecule has 20 heavy (non-hydrogen) atoms. The first-order chi connectivity index (χ1) is 9.58. The Morgan fingerprint density at radius 2 is 1.95 bits per heavy atom. The lowest BCUT2D eigenvalue weighted by molar-refractivity contribution is 0.199. The number of aliphatic hydroxyl groups excluding tert-OH is 1. The molecule has 1 N–H and O–H groups in total. The first-order valence-electron chi connectivity index (χ1n) is 6.06. The molecular formula is C15H13BrClFOS. The largest absolute Gasteiger partial charge is 0.392 e. The van der Waals surface area contributed by atoms with Crippen molar-refractivity contribution in [3.05, 3.63) is 63.3 Å². The molecule has 0 bridgehead atoms. The summed E-state index contributed by atoms with van der Waals surface area (Å²) < 4.78 is 14.6. The van der Waals surface area contributed by atoms with E-state index in [9.17, 15) is 9.50 Å². The smallest absolute Gasteiger partial charge is 0.127 e. The number of aliphatic hydroxyl groups is 1. The Hall–Kier alpha value is -0.550. The van der Waals surface area contributed by atoms with Gasteiger partial charge in [0.1, 0.15) is 5.82 Å². The van der Waals surface area contributed by atoms with Crippen LogP contribution in [-0.4, -0.2) is 17.0 Å². The molecule has 0 radical (unpaired) electrons. The summed E-state index contributed by atoms with van der Waals surface area (Å²) in [7, 11) is 0. The molecule has 2 aromatic carbocycles. The molecule has 0 saturated heterocycles. The molecule has 0 aromatic heterocycles. The van der Waals surface area contributed by atoms with Gasteiger partial charge in [0.15, 0.2) is 0 Å². The van der Waals surface area contributed by atoms with Crippen molar-refractivity contribution in [1.29, 1.82) is 0 Å². The van der Waals surface area contributed by atoms with Crippen molar-refractivity contribution in [3.8, 4) is 0 Å². The molecule has 1 atom stereocenters. The van der Waals surface area contributed by atoms with Crippen molar-refractivity contribution in [2.24, 2.45) is 0 Å². The summed E-state index contributed by atoms with van der Waals surface area (Å²) in [5.74, 6) is 0.107. The lowest BCUT2D eigenvalue weighted by atomic mass is 10.1. The summed E-state index contributed by atoms with van der Waals surface area (Å²) in [5, 5.41) is 10.4. The third kappa shape index (κ3) is 4.22. The second kappa shape index (κ2) is 7.46. The van der Waals surface area contributed by atoms with E-state index in [0.717, 1.165) is 9.37 Å². The van der Waals surface area contributed by atoms with Crippen LogP contribution in [0.3, 0.4) is 0 Å². The van der Waals surface area contributed by atoms with E-state index in [1.807, 2.05) is 24.3 Å². The van der Waals surface area contributed by atoms with Crippen LogP contribution >= 0.6 is 39.3 Å². The summed E-state index contributed by atoms with van der Waals surface area (Å²) in [6, 6.07) is 12.3. The van der Waals surface area contributed by atoms with Crippen LogP contribution in [0.4, 0.5) is 4.39 Å². The van der Waals surface area contributed by atoms with Gasteiger partial charge in [-0.15, -0.1) is 11.8 Å². The van der Waals surface area contributed by atoms with E-state index in [0.29, 0.717) is 16.3 Å². The Bertz CT molecular complexity index is 574. The van der Waals surface area contributed by atoms with E-state index in [2.05, 4.69) is 15.9 Å². The number of hydrogen-bond donors (Lipinski definition) is 1. The Kier molecular flexibility index (Phi) is 5.90. The minimum Gasteiger partial charge on any atom is -0.392 e. The van der Waals surface area contributed by atoms with Gasteiger partial charge < -0.3 is 5.11 Å². The van der Waals surface area contributed by atoms with Gasteiger partial charge in [-0.25, -0.2) is 4.39 Å². The van der Waals surface area contributed by atoms with Crippen molar-refractivity contribution in [3.63, 3.8) is 0 Å². The van der Waals surface area contributed by atoms with Gasteiger partial charge in [-0.2, -0.15) is 0 Å². The Morgan fingerprint density at radius 1 is 1.20 bits per heavy atom. The maximum atomic E-state index is 13.6. The molecule has 1 nitrogen and oxygen atoms in total. The van der Waals surface area contributed by atoms with Crippen LogP contribution in [0.1, 0.15) is 5.56 Å². The maximum absolute atomic E-state index is 13.6. The fourth-order valence-corrected chi connectivity index (χ4v) is 3.51. The van der Waals surface area contributed by atoms with Gasteiger partial charge in [-0.05, 0) is 40.2 Å². The molecule has 106 valence electrons. The summed E-state index contributed by atoms with van der Waals surface area (Å²) >= 11 is 10.9. The SMILES string of the molecule is OC(CSc1ccccc1Br)Cc1c(F)cccc1Cl. The average molecular weight is 376 g/mol. The maximum Gasteiger partial charge on any atom is 0.127 e. The second-order valence-electron chi connectivity index (χ2n) is 4.30. The van der Waals surface area contributed by atoms with Crippen LogP contribution < -0.4 is 0 Å². The van der Waals surface area contributed by atoms with Crippen LogP contribution in [-0.2, 0) is 6.42 Å². The van der Waals surface area contributed by atoms with Crippen molar-refractivity contribution in [2.75, 3.05) is 5.75 Å². The van der Waals surface area contributed by atoms with Gasteiger partial charge in [0.05, 0.1) is 6.10 Å². The fourth-order valence-electron chi connectivity index (χ4n) is 1.77. The molecule has 0 aliphatic heterocycles. The molecule has 5 heteroatoms. The number of rotatable bonds is 5. The topological polar surface area (TPSA) is 20.2 Å². The minimum absolute atomic E-state index is 0.211. The van der Waals surface area contributed by atoms with Crippen LogP contribution in [0.25, 0.3) is 0 Å². The van der Waals surface area contributed by atoms with E-state index in [-0.39, 0.29) is 12.2 Å². The van der Waals surface area contributed by atoms with E-state index in [1.165, 1.54) is 17.8 Å². The molecular weight excluding hydrogens is 363 g/mol. The van der Waals surface area contributed by atoms with Crippen molar-refractivity contribution >= 4 is 39.3 Å². The van der Waals surface area contributed by atoms with Crippen molar-refractivity contribution in [1.82, 2.24) is 0 Å². The number of thioether (sulfide) groups is 1. The molecule has 0 fully saturated rings. The number of hydrogen-bond acceptors (Lipinski definition) is 2. The molecule has 1 unspecified atom stereocenters. The summed E-state index contributed by atoms with van der Waals surface area (Å²) in [6.45, 7) is 0. The van der Waals surface area contributed by atoms with Crippen molar-refractivity contribution < 1.29 is 9.50 Å². The summed E-state index contributed by atoms with van der Waals surface area (Å²) in [5.41, 5.74) is 0.370. The number of benzene rings is 2. The van der Waals surface area contributed by atoms with E-state index in [4.69, 9.17) is 11.6 Å². The minimum atomic E-state index is -0.651. The molecule has 0 aliphatic rings. The standard InChI is InChI=1S/C15H13BrClFOS/c16-12-4-1-2-7-15(12)20-9-10(19)8-11-13(17)5-3-6-14(11)18/h1-7,10,19H,8-9H2. The Morgan fingerprint density at radius 3 is 2.65 bits per heavy atom. The average Bonchev–Trinajstić information content (AvgIpc) is 2.42. The van der Waals surface area contributed by atoms with Gasteiger partial charge in [0.25, 0.3) is 0 Å². The molecule has 0 heterocycles. The third-order valence-electron chi connectivity index (χ3n) is 2.77. The highest BCUT2D eigenvalue weighted by atomic mass is 79.9. The van der Waals surface area contributed by atoms with E-state index < -0.39 is 6.10 Å². The first-order valence-corrected chi connectivity index (χ1v) is 8.22. The highest BCUT2D eigenvalue weighted by molar-refractivity contribution is 9.10. The lowest BCUT2D eigenvalue weighted by Crippen LogP contribution is -2.14. The normalized spacial score (nSPS) is 12.4. The van der Waals surface area contributed by atoms with E-state index in [1.54, 1.807) is 12.1 Å². The van der Waals surface area contributed by atoms with Crippen molar-refractivity contribution in [2.45, 2.75) is 17.4 Å². The van der Waals surface area contributed by atoms with Gasteiger partial charge in [0, 0.05) is 32.1 Å². The van der Waals surface area contributed by atoms with Crippen LogP contribution in [0.5, 0.6) is 0 Å². The number of halogens is 3. The Balaban J connectivity index is 1.96. The molecule has 0 amide bonds. The van der Waals surface area contributed by atoms with Crippen LogP contribution in [0.15, 0.2) is 51.8 Å². The van der Waals surface area contributed by atoms with E-state index >= 15 is 0 Å². The quantitative estimate of drug-likeness (QED) is 0.747. The molecule has 0 saturated carbocycles. The Labute approximate surface area is 135 Å². The lowest BCUT2D eigenvalue weighted by Gasteiger charge is -2.12. The van der Waals surface area contributed by atoms with Gasteiger partial charge >= 0.3 is 0 Å². The van der Waals surface area contributed by atoms with Crippen LogP contribution in [0.2, 0.25) is 5.02 Å². The molecule has 2 aromatic rings. The monoisotopic (exact) mass is 374 g/mol. The zero-order valence-electron chi connectivity index (χ0n) is 10.5. The van der Waals surface area contributed by atoms with Gasteiger partial charge in [-0.1, -0.05) is 29.8 Å². The van der Waals surface area contributed by atoms with Crippen LogP contribution in [0, 0.1) is 5.82 Å². The highest BCUT2D eigenvalue weighted by Crippen LogP contribution is 2.28. The third-order valence-corrected chi connectivity index (χ3v) is 5.30. The second-order valence-corrected chi connectivity index (χ2v) is 6.62. The highest BCUT2D eigenvalue weighted by Gasteiger charge is 2.13. The summed E-state index contributed by atoms with van der Waals surface area (Å²) in [6.07, 6.45) is -0.440. The molecule has 0 aliphatic carbocycles.